The number of carbonyl (C=O) groups is 1. The van der Waals surface area contributed by atoms with E-state index in [0.29, 0.717) is 5.56 Å². The van der Waals surface area contributed by atoms with Gasteiger partial charge in [0.05, 0.1) is 5.56 Å². The Morgan fingerprint density at radius 3 is 2.75 bits per heavy atom. The van der Waals surface area contributed by atoms with E-state index < -0.39 is 5.97 Å². The summed E-state index contributed by atoms with van der Waals surface area (Å²) in [7, 11) is 0. The van der Waals surface area contributed by atoms with Crippen molar-refractivity contribution in [3.8, 4) is 0 Å². The van der Waals surface area contributed by atoms with Crippen LogP contribution in [0, 0.1) is 0 Å². The van der Waals surface area contributed by atoms with Crippen molar-refractivity contribution < 1.29 is 9.90 Å². The predicted octanol–water partition coefficient (Wildman–Crippen LogP) is 2.85. The molecule has 0 aromatic heterocycles. The van der Waals surface area contributed by atoms with Gasteiger partial charge in [0.1, 0.15) is 0 Å². The topological polar surface area (TPSA) is 49.3 Å². The molecule has 1 aliphatic carbocycles. The quantitative estimate of drug-likeness (QED) is 0.833. The number of carboxylic acid groups (broad SMARTS) is 1. The van der Waals surface area contributed by atoms with Gasteiger partial charge >= 0.3 is 5.97 Å². The second-order valence-electron chi connectivity index (χ2n) is 5.82. The monoisotopic (exact) mass is 265 g/mol. The third-order valence-corrected chi connectivity index (χ3v) is 4.63. The Balaban J connectivity index is 1.77. The van der Waals surface area contributed by atoms with Crippen LogP contribution in [-0.2, 0) is 18.3 Å². The SMILES string of the molecule is O=C(O)c1ccc2c(c1)CC1(CNc3ccccc31)C2. The highest BCUT2D eigenvalue weighted by atomic mass is 16.4. The van der Waals surface area contributed by atoms with Crippen LogP contribution in [-0.4, -0.2) is 17.6 Å². The van der Waals surface area contributed by atoms with Crippen LogP contribution in [0.3, 0.4) is 0 Å². The second kappa shape index (κ2) is 3.85. The smallest absolute Gasteiger partial charge is 0.335 e. The summed E-state index contributed by atoms with van der Waals surface area (Å²) in [5.41, 5.74) is 5.56. The zero-order chi connectivity index (χ0) is 13.7. The van der Waals surface area contributed by atoms with Gasteiger partial charge in [0.2, 0.25) is 0 Å². The second-order valence-corrected chi connectivity index (χ2v) is 5.82. The van der Waals surface area contributed by atoms with Gasteiger partial charge in [0.15, 0.2) is 0 Å². The first-order valence-electron chi connectivity index (χ1n) is 6.86. The van der Waals surface area contributed by atoms with Gasteiger partial charge in [0.25, 0.3) is 0 Å². The van der Waals surface area contributed by atoms with Crippen molar-refractivity contribution in [2.24, 2.45) is 0 Å². The van der Waals surface area contributed by atoms with Gasteiger partial charge in [-0.05, 0) is 47.7 Å². The number of para-hydroxylation sites is 1. The minimum absolute atomic E-state index is 0.107. The van der Waals surface area contributed by atoms with Crippen molar-refractivity contribution in [2.45, 2.75) is 18.3 Å². The summed E-state index contributed by atoms with van der Waals surface area (Å²) in [4.78, 5) is 11.1. The molecule has 0 fully saturated rings. The average molecular weight is 265 g/mol. The van der Waals surface area contributed by atoms with Crippen LogP contribution in [0.15, 0.2) is 42.5 Å². The molecule has 1 aliphatic heterocycles. The molecule has 1 atom stereocenters. The number of hydrogen-bond donors (Lipinski definition) is 2. The molecule has 0 radical (unpaired) electrons. The molecule has 0 amide bonds. The van der Waals surface area contributed by atoms with E-state index in [-0.39, 0.29) is 5.41 Å². The molecular formula is C17H15NO2. The highest BCUT2D eigenvalue weighted by Crippen LogP contribution is 2.46. The maximum atomic E-state index is 11.1. The highest BCUT2D eigenvalue weighted by Gasteiger charge is 2.43. The van der Waals surface area contributed by atoms with Crippen molar-refractivity contribution in [3.63, 3.8) is 0 Å². The maximum absolute atomic E-state index is 11.1. The number of rotatable bonds is 1. The Kier molecular flexibility index (Phi) is 2.22. The van der Waals surface area contributed by atoms with Crippen LogP contribution >= 0.6 is 0 Å². The molecule has 100 valence electrons. The summed E-state index contributed by atoms with van der Waals surface area (Å²) in [5, 5.41) is 12.6. The molecule has 0 saturated carbocycles. The van der Waals surface area contributed by atoms with Crippen LogP contribution in [0.2, 0.25) is 0 Å². The summed E-state index contributed by atoms with van der Waals surface area (Å²) in [6.07, 6.45) is 1.92. The maximum Gasteiger partial charge on any atom is 0.335 e. The molecular weight excluding hydrogens is 250 g/mol. The fourth-order valence-electron chi connectivity index (χ4n) is 3.66. The minimum Gasteiger partial charge on any atom is -0.478 e. The Labute approximate surface area is 117 Å². The first kappa shape index (κ1) is 11.5. The summed E-state index contributed by atoms with van der Waals surface area (Å²) in [6.45, 7) is 0.934. The fraction of sp³-hybridized carbons (Fsp3) is 0.235. The molecule has 3 heteroatoms. The minimum atomic E-state index is -0.848. The van der Waals surface area contributed by atoms with E-state index in [0.717, 1.165) is 19.4 Å². The Morgan fingerprint density at radius 1 is 1.10 bits per heavy atom. The molecule has 2 aromatic carbocycles. The number of carboxylic acids is 1. The highest BCUT2D eigenvalue weighted by molar-refractivity contribution is 5.88. The number of hydrogen-bond acceptors (Lipinski definition) is 2. The lowest BCUT2D eigenvalue weighted by Gasteiger charge is -2.22. The molecule has 1 heterocycles. The summed E-state index contributed by atoms with van der Waals surface area (Å²) < 4.78 is 0. The standard InChI is InChI=1S/C17H15NO2/c19-16(20)11-5-6-12-8-17(9-13(12)7-11)10-18-15-4-2-1-3-14(15)17/h1-7,18H,8-10H2,(H,19,20). The average Bonchev–Trinajstić information content (AvgIpc) is 3.00. The molecule has 4 rings (SSSR count). The van der Waals surface area contributed by atoms with Gasteiger partial charge in [-0.2, -0.15) is 0 Å². The van der Waals surface area contributed by atoms with Gasteiger partial charge in [0, 0.05) is 17.6 Å². The van der Waals surface area contributed by atoms with Gasteiger partial charge in [-0.25, -0.2) is 4.79 Å². The van der Waals surface area contributed by atoms with Crippen molar-refractivity contribution in [2.75, 3.05) is 11.9 Å². The molecule has 1 unspecified atom stereocenters. The summed E-state index contributed by atoms with van der Waals surface area (Å²) in [6, 6.07) is 14.0. The van der Waals surface area contributed by atoms with E-state index >= 15 is 0 Å². The van der Waals surface area contributed by atoms with Crippen LogP contribution in [0.1, 0.15) is 27.0 Å². The van der Waals surface area contributed by atoms with Crippen LogP contribution < -0.4 is 5.32 Å². The largest absolute Gasteiger partial charge is 0.478 e. The Hall–Kier alpha value is -2.29. The first-order chi connectivity index (χ1) is 9.68. The lowest BCUT2D eigenvalue weighted by atomic mass is 9.80. The van der Waals surface area contributed by atoms with Crippen LogP contribution in [0.5, 0.6) is 0 Å². The molecule has 20 heavy (non-hydrogen) atoms. The van der Waals surface area contributed by atoms with Crippen LogP contribution in [0.4, 0.5) is 5.69 Å². The van der Waals surface area contributed by atoms with Gasteiger partial charge in [-0.3, -0.25) is 0 Å². The summed E-state index contributed by atoms with van der Waals surface area (Å²) in [5.74, 6) is -0.848. The predicted molar refractivity (Wildman–Crippen MR) is 77.4 cm³/mol. The molecule has 0 bridgehead atoms. The lowest BCUT2D eigenvalue weighted by molar-refractivity contribution is 0.0697. The van der Waals surface area contributed by atoms with Gasteiger partial charge < -0.3 is 10.4 Å². The molecule has 3 nitrogen and oxygen atoms in total. The van der Waals surface area contributed by atoms with E-state index in [1.54, 1.807) is 6.07 Å². The van der Waals surface area contributed by atoms with E-state index in [1.807, 2.05) is 12.1 Å². The van der Waals surface area contributed by atoms with E-state index in [1.165, 1.54) is 22.4 Å². The lowest BCUT2D eigenvalue weighted by Crippen LogP contribution is -2.28. The third-order valence-electron chi connectivity index (χ3n) is 4.63. The van der Waals surface area contributed by atoms with Crippen molar-refractivity contribution in [1.82, 2.24) is 0 Å². The molecule has 2 aromatic rings. The number of fused-ring (bicyclic) bond motifs is 3. The zero-order valence-electron chi connectivity index (χ0n) is 11.0. The van der Waals surface area contributed by atoms with Crippen molar-refractivity contribution >= 4 is 11.7 Å². The van der Waals surface area contributed by atoms with Gasteiger partial charge in [-0.1, -0.05) is 24.3 Å². The van der Waals surface area contributed by atoms with Crippen molar-refractivity contribution in [1.29, 1.82) is 0 Å². The van der Waals surface area contributed by atoms with Gasteiger partial charge in [-0.15, -0.1) is 0 Å². The number of aromatic carboxylic acids is 1. The number of benzene rings is 2. The van der Waals surface area contributed by atoms with E-state index in [4.69, 9.17) is 5.11 Å². The molecule has 0 saturated heterocycles. The zero-order valence-corrected chi connectivity index (χ0v) is 11.0. The normalized spacial score (nSPS) is 22.4. The molecule has 1 spiro atoms. The van der Waals surface area contributed by atoms with Crippen molar-refractivity contribution in [3.05, 3.63) is 64.7 Å². The fourth-order valence-corrected chi connectivity index (χ4v) is 3.66. The van der Waals surface area contributed by atoms with E-state index in [9.17, 15) is 4.79 Å². The molecule has 2 aliphatic rings. The van der Waals surface area contributed by atoms with E-state index in [2.05, 4.69) is 29.6 Å². The first-order valence-corrected chi connectivity index (χ1v) is 6.86. The summed E-state index contributed by atoms with van der Waals surface area (Å²) >= 11 is 0. The third kappa shape index (κ3) is 1.49. The Morgan fingerprint density at radius 2 is 1.90 bits per heavy atom. The molecule has 2 N–H and O–H groups in total. The number of nitrogens with one attached hydrogen (secondary N) is 1. The number of anilines is 1. The van der Waals surface area contributed by atoms with Crippen LogP contribution in [0.25, 0.3) is 0 Å². The Bertz CT molecular complexity index is 723.